The van der Waals surface area contributed by atoms with Crippen molar-refractivity contribution in [2.45, 2.75) is 13.5 Å². The topological polar surface area (TPSA) is 35.6 Å². The van der Waals surface area contributed by atoms with Crippen LogP contribution in [0.4, 0.5) is 14.5 Å². The number of hydrogen-bond acceptors (Lipinski definition) is 3. The molecule has 0 atom stereocenters. The second kappa shape index (κ2) is 8.38. The van der Waals surface area contributed by atoms with Gasteiger partial charge in [0.2, 0.25) is 5.91 Å². The zero-order valence-corrected chi connectivity index (χ0v) is 14.8. The molecule has 6 heteroatoms. The van der Waals surface area contributed by atoms with Gasteiger partial charge in [0.15, 0.2) is 0 Å². The fourth-order valence-corrected chi connectivity index (χ4v) is 3.12. The minimum Gasteiger partial charge on any atom is -0.322 e. The normalized spacial score (nSPS) is 15.8. The minimum absolute atomic E-state index is 0.117. The second-order valence-electron chi connectivity index (χ2n) is 6.65. The average Bonchev–Trinajstić information content (AvgIpc) is 2.62. The lowest BCUT2D eigenvalue weighted by Crippen LogP contribution is -2.48. The predicted molar refractivity (Wildman–Crippen MR) is 97.9 cm³/mol. The molecule has 138 valence electrons. The van der Waals surface area contributed by atoms with Gasteiger partial charge in [0, 0.05) is 38.8 Å². The molecule has 4 nitrogen and oxygen atoms in total. The van der Waals surface area contributed by atoms with Crippen molar-refractivity contribution in [1.82, 2.24) is 9.80 Å². The number of hydrogen-bond donors (Lipinski definition) is 1. The van der Waals surface area contributed by atoms with Crippen LogP contribution in [-0.4, -0.2) is 48.4 Å². The summed E-state index contributed by atoms with van der Waals surface area (Å²) in [5.41, 5.74) is 2.49. The summed E-state index contributed by atoms with van der Waals surface area (Å²) in [6, 6.07) is 11.4. The SMILES string of the molecule is Cc1ccccc1CN1CCN(CC(=O)Nc2cc(F)ccc2F)CC1. The second-order valence-corrected chi connectivity index (χ2v) is 6.65. The average molecular weight is 359 g/mol. The Hall–Kier alpha value is -2.31. The Morgan fingerprint density at radius 2 is 1.73 bits per heavy atom. The van der Waals surface area contributed by atoms with Crippen LogP contribution in [0.2, 0.25) is 0 Å². The number of nitrogens with zero attached hydrogens (tertiary/aromatic N) is 2. The first kappa shape index (κ1) is 18.5. The van der Waals surface area contributed by atoms with Gasteiger partial charge in [-0.25, -0.2) is 8.78 Å². The van der Waals surface area contributed by atoms with E-state index in [4.69, 9.17) is 0 Å². The molecular weight excluding hydrogens is 336 g/mol. The van der Waals surface area contributed by atoms with E-state index in [9.17, 15) is 13.6 Å². The van der Waals surface area contributed by atoms with Crippen molar-refractivity contribution in [3.8, 4) is 0 Å². The van der Waals surface area contributed by atoms with Crippen molar-refractivity contribution in [2.24, 2.45) is 0 Å². The lowest BCUT2D eigenvalue weighted by Gasteiger charge is -2.34. The summed E-state index contributed by atoms with van der Waals surface area (Å²) < 4.78 is 26.8. The number of piperazine rings is 1. The Kier molecular flexibility index (Phi) is 5.96. The summed E-state index contributed by atoms with van der Waals surface area (Å²) in [7, 11) is 0. The minimum atomic E-state index is -0.636. The maximum absolute atomic E-state index is 13.6. The Morgan fingerprint density at radius 3 is 2.46 bits per heavy atom. The third-order valence-electron chi connectivity index (χ3n) is 4.69. The maximum atomic E-state index is 13.6. The van der Waals surface area contributed by atoms with E-state index in [1.54, 1.807) is 0 Å². The quantitative estimate of drug-likeness (QED) is 0.891. The number of carbonyl (C=O) groups is 1. The maximum Gasteiger partial charge on any atom is 0.238 e. The van der Waals surface area contributed by atoms with Crippen molar-refractivity contribution >= 4 is 11.6 Å². The van der Waals surface area contributed by atoms with Crippen LogP contribution in [0, 0.1) is 18.6 Å². The van der Waals surface area contributed by atoms with Crippen molar-refractivity contribution in [1.29, 1.82) is 0 Å². The fourth-order valence-electron chi connectivity index (χ4n) is 3.12. The van der Waals surface area contributed by atoms with Crippen LogP contribution in [-0.2, 0) is 11.3 Å². The first-order chi connectivity index (χ1) is 12.5. The first-order valence-corrected chi connectivity index (χ1v) is 8.75. The Bertz CT molecular complexity index is 773. The molecule has 0 aliphatic carbocycles. The first-order valence-electron chi connectivity index (χ1n) is 8.75. The Labute approximate surface area is 152 Å². The highest BCUT2D eigenvalue weighted by Gasteiger charge is 2.20. The van der Waals surface area contributed by atoms with Gasteiger partial charge in [-0.05, 0) is 30.2 Å². The Balaban J connectivity index is 1.47. The number of nitrogens with one attached hydrogen (secondary N) is 1. The summed E-state index contributed by atoms with van der Waals surface area (Å²) >= 11 is 0. The molecule has 3 rings (SSSR count). The summed E-state index contributed by atoms with van der Waals surface area (Å²) in [6.45, 7) is 6.47. The van der Waals surface area contributed by atoms with Crippen molar-refractivity contribution < 1.29 is 13.6 Å². The highest BCUT2D eigenvalue weighted by Crippen LogP contribution is 2.16. The van der Waals surface area contributed by atoms with E-state index in [1.165, 1.54) is 11.1 Å². The van der Waals surface area contributed by atoms with E-state index in [2.05, 4.69) is 35.3 Å². The summed E-state index contributed by atoms with van der Waals surface area (Å²) in [5, 5.41) is 2.45. The molecule has 0 bridgehead atoms. The molecule has 26 heavy (non-hydrogen) atoms. The van der Waals surface area contributed by atoms with Crippen LogP contribution >= 0.6 is 0 Å². The molecule has 0 unspecified atom stereocenters. The van der Waals surface area contributed by atoms with Gasteiger partial charge in [-0.2, -0.15) is 0 Å². The smallest absolute Gasteiger partial charge is 0.238 e. The summed E-state index contributed by atoms with van der Waals surface area (Å²) in [5.74, 6) is -1.55. The number of rotatable bonds is 5. The lowest BCUT2D eigenvalue weighted by atomic mass is 10.1. The number of benzene rings is 2. The summed E-state index contributed by atoms with van der Waals surface area (Å²) in [4.78, 5) is 16.5. The highest BCUT2D eigenvalue weighted by atomic mass is 19.1. The van der Waals surface area contributed by atoms with Gasteiger partial charge < -0.3 is 5.32 Å². The van der Waals surface area contributed by atoms with E-state index < -0.39 is 11.6 Å². The van der Waals surface area contributed by atoms with Crippen LogP contribution in [0.25, 0.3) is 0 Å². The Morgan fingerprint density at radius 1 is 1.04 bits per heavy atom. The standard InChI is InChI=1S/C20H23F2N3O/c1-15-4-2-3-5-16(15)13-24-8-10-25(11-9-24)14-20(26)23-19-12-17(21)6-7-18(19)22/h2-7,12H,8-11,13-14H2,1H3,(H,23,26). The zero-order valence-electron chi connectivity index (χ0n) is 14.8. The van der Waals surface area contributed by atoms with Crippen LogP contribution in [0.5, 0.6) is 0 Å². The van der Waals surface area contributed by atoms with Crippen LogP contribution < -0.4 is 5.32 Å². The molecule has 0 radical (unpaired) electrons. The third-order valence-corrected chi connectivity index (χ3v) is 4.69. The van der Waals surface area contributed by atoms with Gasteiger partial charge >= 0.3 is 0 Å². The molecular formula is C20H23F2N3O. The van der Waals surface area contributed by atoms with Gasteiger partial charge in [0.25, 0.3) is 0 Å². The fraction of sp³-hybridized carbons (Fsp3) is 0.350. The molecule has 1 saturated heterocycles. The van der Waals surface area contributed by atoms with E-state index in [0.717, 1.165) is 50.9 Å². The van der Waals surface area contributed by atoms with Gasteiger partial charge in [0.1, 0.15) is 11.6 Å². The van der Waals surface area contributed by atoms with Gasteiger partial charge in [-0.1, -0.05) is 24.3 Å². The molecule has 1 aliphatic heterocycles. The monoisotopic (exact) mass is 359 g/mol. The van der Waals surface area contributed by atoms with Crippen LogP contribution in [0.15, 0.2) is 42.5 Å². The number of anilines is 1. The third kappa shape index (κ3) is 4.86. The molecule has 0 aromatic heterocycles. The molecule has 2 aromatic rings. The zero-order chi connectivity index (χ0) is 18.5. The van der Waals surface area contributed by atoms with Crippen molar-refractivity contribution in [2.75, 3.05) is 38.0 Å². The lowest BCUT2D eigenvalue weighted by molar-refractivity contribution is -0.117. The number of carbonyl (C=O) groups excluding carboxylic acids is 1. The van der Waals surface area contributed by atoms with Crippen LogP contribution in [0.3, 0.4) is 0 Å². The number of amides is 1. The van der Waals surface area contributed by atoms with Gasteiger partial charge in [-0.15, -0.1) is 0 Å². The molecule has 0 spiro atoms. The van der Waals surface area contributed by atoms with Gasteiger partial charge in [-0.3, -0.25) is 14.6 Å². The molecule has 1 heterocycles. The molecule has 1 aliphatic rings. The van der Waals surface area contributed by atoms with E-state index >= 15 is 0 Å². The molecule has 1 amide bonds. The summed E-state index contributed by atoms with van der Waals surface area (Å²) in [6.07, 6.45) is 0. The van der Waals surface area contributed by atoms with Crippen molar-refractivity contribution in [3.63, 3.8) is 0 Å². The number of halogens is 2. The molecule has 2 aromatic carbocycles. The molecule has 1 fully saturated rings. The molecule has 0 saturated carbocycles. The largest absolute Gasteiger partial charge is 0.322 e. The van der Waals surface area contributed by atoms with Crippen LogP contribution in [0.1, 0.15) is 11.1 Å². The predicted octanol–water partition coefficient (Wildman–Crippen LogP) is 3.03. The van der Waals surface area contributed by atoms with Crippen molar-refractivity contribution in [3.05, 3.63) is 65.2 Å². The highest BCUT2D eigenvalue weighted by molar-refractivity contribution is 5.92. The number of aryl methyl sites for hydroxylation is 1. The van der Waals surface area contributed by atoms with E-state index in [0.29, 0.717) is 0 Å². The molecule has 1 N–H and O–H groups in total. The van der Waals surface area contributed by atoms with Gasteiger partial charge in [0.05, 0.1) is 12.2 Å². The van der Waals surface area contributed by atoms with E-state index in [1.807, 2.05) is 11.0 Å². The van der Waals surface area contributed by atoms with E-state index in [-0.39, 0.29) is 18.1 Å².